The van der Waals surface area contributed by atoms with Gasteiger partial charge in [-0.3, -0.25) is 0 Å². The fourth-order valence-corrected chi connectivity index (χ4v) is 8.24. The summed E-state index contributed by atoms with van der Waals surface area (Å²) in [5.74, 6) is 0.953. The number of benzene rings is 1. The maximum atomic E-state index is 13.7. The van der Waals surface area contributed by atoms with E-state index < -0.39 is 10.0 Å². The fourth-order valence-electron chi connectivity index (χ4n) is 5.21. The summed E-state index contributed by atoms with van der Waals surface area (Å²) < 4.78 is 34.2. The van der Waals surface area contributed by atoms with Crippen LogP contribution in [0, 0.1) is 0 Å². The summed E-state index contributed by atoms with van der Waals surface area (Å²) in [6, 6.07) is 9.81. The molecule has 1 amide bonds. The number of H-pyrrole nitrogens is 1. The third-order valence-corrected chi connectivity index (χ3v) is 10.3. The van der Waals surface area contributed by atoms with E-state index in [2.05, 4.69) is 26.7 Å². The molecule has 1 aliphatic carbocycles. The van der Waals surface area contributed by atoms with Crippen LogP contribution in [0.25, 0.3) is 10.4 Å². The standard InChI is InChI=1S/C27H35N5O4S2/c1-18(2)36-27(33)31-20-7-5-19(6-8-20)23-11-12-24(37-23)22-10-9-21(30-26-28-13-14-29-26)17-25(22)38(34,35)32-15-3-4-16-32/h9-14,17-20H,3-8,15-16H2,1-2H3,(H,31,33)(H2,28,29,30)/t19-,20-. The van der Waals surface area contributed by atoms with Gasteiger partial charge in [0.15, 0.2) is 0 Å². The number of hydrogen-bond acceptors (Lipinski definition) is 7. The van der Waals surface area contributed by atoms with Gasteiger partial charge in [0, 0.05) is 52.5 Å². The fraction of sp³-hybridized carbons (Fsp3) is 0.481. The van der Waals surface area contributed by atoms with Gasteiger partial charge in [-0.1, -0.05) is 6.07 Å². The monoisotopic (exact) mass is 557 g/mol. The molecule has 1 aliphatic heterocycles. The number of aromatic amines is 1. The van der Waals surface area contributed by atoms with Gasteiger partial charge in [0.05, 0.1) is 11.0 Å². The lowest BCUT2D eigenvalue weighted by Crippen LogP contribution is -2.38. The molecule has 2 aliphatic rings. The van der Waals surface area contributed by atoms with E-state index in [9.17, 15) is 13.2 Å². The Labute approximate surface area is 228 Å². The first-order valence-corrected chi connectivity index (χ1v) is 15.5. The van der Waals surface area contributed by atoms with Gasteiger partial charge in [-0.2, -0.15) is 4.31 Å². The summed E-state index contributed by atoms with van der Waals surface area (Å²) >= 11 is 1.67. The third kappa shape index (κ3) is 6.05. The van der Waals surface area contributed by atoms with E-state index in [0.29, 0.717) is 35.5 Å². The minimum Gasteiger partial charge on any atom is -0.447 e. The average Bonchev–Trinajstić information content (AvgIpc) is 3.67. The number of thiophene rings is 1. The van der Waals surface area contributed by atoms with Crippen LogP contribution in [-0.2, 0) is 14.8 Å². The van der Waals surface area contributed by atoms with Gasteiger partial charge in [0.2, 0.25) is 16.0 Å². The minimum absolute atomic E-state index is 0.128. The molecule has 11 heteroatoms. The summed E-state index contributed by atoms with van der Waals surface area (Å²) in [6.07, 6.45) is 8.38. The zero-order chi connectivity index (χ0) is 26.7. The second-order valence-corrected chi connectivity index (χ2v) is 13.3. The van der Waals surface area contributed by atoms with Crippen molar-refractivity contribution in [3.8, 4) is 10.4 Å². The molecule has 0 radical (unpaired) electrons. The number of rotatable bonds is 8. The van der Waals surface area contributed by atoms with E-state index >= 15 is 0 Å². The van der Waals surface area contributed by atoms with E-state index in [4.69, 9.17) is 4.74 Å². The summed E-state index contributed by atoms with van der Waals surface area (Å²) in [4.78, 5) is 21.7. The number of imidazole rings is 1. The molecule has 3 aromatic rings. The Balaban J connectivity index is 1.35. The lowest BCUT2D eigenvalue weighted by Gasteiger charge is -2.28. The molecule has 0 spiro atoms. The second kappa shape index (κ2) is 11.5. The molecule has 2 aromatic heterocycles. The van der Waals surface area contributed by atoms with Crippen molar-refractivity contribution in [2.24, 2.45) is 0 Å². The molecule has 204 valence electrons. The zero-order valence-electron chi connectivity index (χ0n) is 21.8. The average molecular weight is 558 g/mol. The highest BCUT2D eigenvalue weighted by atomic mass is 32.2. The first kappa shape index (κ1) is 26.7. The second-order valence-electron chi connectivity index (χ2n) is 10.2. The predicted octanol–water partition coefficient (Wildman–Crippen LogP) is 5.83. The number of alkyl carbamates (subject to hydrolysis) is 1. The number of hydrogen-bond donors (Lipinski definition) is 3. The smallest absolute Gasteiger partial charge is 0.407 e. The molecule has 38 heavy (non-hydrogen) atoms. The van der Waals surface area contributed by atoms with Crippen molar-refractivity contribution < 1.29 is 17.9 Å². The molecule has 3 N–H and O–H groups in total. The van der Waals surface area contributed by atoms with Crippen molar-refractivity contribution in [3.63, 3.8) is 0 Å². The molecule has 5 rings (SSSR count). The minimum atomic E-state index is -3.64. The lowest BCUT2D eigenvalue weighted by atomic mass is 9.85. The van der Waals surface area contributed by atoms with Crippen LogP contribution in [0.15, 0.2) is 47.6 Å². The highest BCUT2D eigenvalue weighted by Crippen LogP contribution is 2.42. The normalized spacial score (nSPS) is 20.5. The number of sulfonamides is 1. The number of anilines is 2. The van der Waals surface area contributed by atoms with Gasteiger partial charge in [-0.05, 0) is 82.6 Å². The van der Waals surface area contributed by atoms with Crippen LogP contribution in [0.3, 0.4) is 0 Å². The van der Waals surface area contributed by atoms with E-state index in [0.717, 1.165) is 49.0 Å². The molecule has 1 saturated heterocycles. The maximum Gasteiger partial charge on any atom is 0.407 e. The van der Waals surface area contributed by atoms with Crippen molar-refractivity contribution >= 4 is 39.1 Å². The molecule has 0 unspecified atom stereocenters. The largest absolute Gasteiger partial charge is 0.447 e. The van der Waals surface area contributed by atoms with Crippen molar-refractivity contribution in [2.45, 2.75) is 75.3 Å². The van der Waals surface area contributed by atoms with Crippen LogP contribution in [0.5, 0.6) is 0 Å². The lowest BCUT2D eigenvalue weighted by molar-refractivity contribution is 0.109. The topological polar surface area (TPSA) is 116 Å². The number of ether oxygens (including phenoxy) is 1. The van der Waals surface area contributed by atoms with Crippen molar-refractivity contribution in [3.05, 3.63) is 47.6 Å². The number of amides is 1. The van der Waals surface area contributed by atoms with E-state index in [1.54, 1.807) is 34.1 Å². The molecule has 0 bridgehead atoms. The van der Waals surface area contributed by atoms with Crippen molar-refractivity contribution in [1.82, 2.24) is 19.6 Å². The molecule has 1 saturated carbocycles. The first-order chi connectivity index (χ1) is 18.3. The van der Waals surface area contributed by atoms with Gasteiger partial charge >= 0.3 is 6.09 Å². The van der Waals surface area contributed by atoms with E-state index in [1.807, 2.05) is 32.0 Å². The first-order valence-electron chi connectivity index (χ1n) is 13.3. The molecule has 3 heterocycles. The van der Waals surface area contributed by atoms with Crippen LogP contribution in [0.4, 0.5) is 16.4 Å². The van der Waals surface area contributed by atoms with Gasteiger partial charge in [0.1, 0.15) is 0 Å². The molecule has 9 nitrogen and oxygen atoms in total. The van der Waals surface area contributed by atoms with Crippen LogP contribution >= 0.6 is 11.3 Å². The van der Waals surface area contributed by atoms with Crippen LogP contribution < -0.4 is 10.6 Å². The third-order valence-electron chi connectivity index (χ3n) is 7.11. The number of carbonyl (C=O) groups is 1. The summed E-state index contributed by atoms with van der Waals surface area (Å²) in [6.45, 7) is 4.79. The van der Waals surface area contributed by atoms with Crippen molar-refractivity contribution in [2.75, 3.05) is 18.4 Å². The van der Waals surface area contributed by atoms with Crippen molar-refractivity contribution in [1.29, 1.82) is 0 Å². The van der Waals surface area contributed by atoms with Crippen LogP contribution in [0.1, 0.15) is 63.2 Å². The molecular formula is C27H35N5O4S2. The van der Waals surface area contributed by atoms with E-state index in [1.165, 1.54) is 4.88 Å². The van der Waals surface area contributed by atoms with Gasteiger partial charge in [-0.15, -0.1) is 11.3 Å². The molecule has 2 fully saturated rings. The van der Waals surface area contributed by atoms with Gasteiger partial charge < -0.3 is 20.4 Å². The predicted molar refractivity (Wildman–Crippen MR) is 149 cm³/mol. The number of nitrogens with one attached hydrogen (secondary N) is 3. The van der Waals surface area contributed by atoms with Crippen LogP contribution in [0.2, 0.25) is 0 Å². The Morgan fingerprint density at radius 1 is 1.13 bits per heavy atom. The summed E-state index contributed by atoms with van der Waals surface area (Å²) in [5.41, 5.74) is 1.39. The highest BCUT2D eigenvalue weighted by Gasteiger charge is 2.31. The maximum absolute atomic E-state index is 13.7. The van der Waals surface area contributed by atoms with Crippen LogP contribution in [-0.4, -0.2) is 54.0 Å². The molecular weight excluding hydrogens is 522 g/mol. The number of carbonyl (C=O) groups excluding carboxylic acids is 1. The number of nitrogens with zero attached hydrogens (tertiary/aromatic N) is 2. The molecule has 0 atom stereocenters. The quantitative estimate of drug-likeness (QED) is 0.321. The van der Waals surface area contributed by atoms with Gasteiger partial charge in [-0.25, -0.2) is 18.2 Å². The molecule has 1 aromatic carbocycles. The van der Waals surface area contributed by atoms with E-state index in [-0.39, 0.29) is 18.2 Å². The Bertz CT molecular complexity index is 1340. The summed E-state index contributed by atoms with van der Waals surface area (Å²) in [7, 11) is -3.64. The summed E-state index contributed by atoms with van der Waals surface area (Å²) in [5, 5.41) is 6.15. The highest BCUT2D eigenvalue weighted by molar-refractivity contribution is 7.89. The zero-order valence-corrected chi connectivity index (χ0v) is 23.4. The SMILES string of the molecule is CC(C)OC(=O)N[C@H]1CC[C@H](c2ccc(-c3ccc(Nc4ncc[nH]4)cc3S(=O)(=O)N3CCCC3)s2)CC1. The Kier molecular flexibility index (Phi) is 8.06. The Hall–Kier alpha value is -2.89. The Morgan fingerprint density at radius 3 is 2.58 bits per heavy atom. The number of aromatic nitrogens is 2. The Morgan fingerprint density at radius 2 is 1.89 bits per heavy atom. The van der Waals surface area contributed by atoms with Gasteiger partial charge in [0.25, 0.3) is 0 Å².